The van der Waals surface area contributed by atoms with Gasteiger partial charge in [0.1, 0.15) is 0 Å². The van der Waals surface area contributed by atoms with E-state index in [1.165, 1.54) is 32.6 Å². The van der Waals surface area contributed by atoms with E-state index in [0.29, 0.717) is 6.04 Å². The van der Waals surface area contributed by atoms with Gasteiger partial charge >= 0.3 is 0 Å². The Hall–Kier alpha value is -0.0800. The fourth-order valence-electron chi connectivity index (χ4n) is 2.18. The Kier molecular flexibility index (Phi) is 4.20. The molecule has 0 bridgehead atoms. The van der Waals surface area contributed by atoms with Gasteiger partial charge in [-0.15, -0.1) is 0 Å². The van der Waals surface area contributed by atoms with Crippen LogP contribution in [-0.2, 0) is 0 Å². The monoisotopic (exact) mass is 184 g/mol. The number of hydrogen-bond acceptors (Lipinski definition) is 2. The van der Waals surface area contributed by atoms with Crippen LogP contribution in [0.5, 0.6) is 0 Å². The van der Waals surface area contributed by atoms with Crippen molar-refractivity contribution in [3.8, 4) is 0 Å². The summed E-state index contributed by atoms with van der Waals surface area (Å²) in [6.45, 7) is 14.2. The summed E-state index contributed by atoms with van der Waals surface area (Å²) >= 11 is 0. The highest BCUT2D eigenvalue weighted by Gasteiger charge is 2.21. The van der Waals surface area contributed by atoms with Crippen molar-refractivity contribution < 1.29 is 0 Å². The first-order chi connectivity index (χ1) is 6.15. The molecule has 0 unspecified atom stereocenters. The first-order valence-corrected chi connectivity index (χ1v) is 5.63. The summed E-state index contributed by atoms with van der Waals surface area (Å²) < 4.78 is 0. The molecular formula is C11H24N2. The average Bonchev–Trinajstić information content (AvgIpc) is 2.26. The van der Waals surface area contributed by atoms with Gasteiger partial charge in [0.2, 0.25) is 0 Å². The van der Waals surface area contributed by atoms with Crippen LogP contribution < -0.4 is 0 Å². The minimum Gasteiger partial charge on any atom is -0.300 e. The molecular weight excluding hydrogens is 160 g/mol. The number of likely N-dealkylation sites (N-methyl/N-ethyl adjacent to an activating group) is 1. The summed E-state index contributed by atoms with van der Waals surface area (Å²) in [5.41, 5.74) is 0. The summed E-state index contributed by atoms with van der Waals surface area (Å²) in [5.74, 6) is 0. The van der Waals surface area contributed by atoms with E-state index in [9.17, 15) is 0 Å². The molecule has 0 amide bonds. The van der Waals surface area contributed by atoms with E-state index in [0.717, 1.165) is 6.04 Å². The molecule has 1 saturated heterocycles. The zero-order valence-corrected chi connectivity index (χ0v) is 9.58. The van der Waals surface area contributed by atoms with E-state index < -0.39 is 0 Å². The minimum atomic E-state index is 0.708. The van der Waals surface area contributed by atoms with Crippen LogP contribution in [0.1, 0.15) is 34.1 Å². The SMILES string of the molecule is CCN1CCCN(C(C)C)C[C@H]1C. The van der Waals surface area contributed by atoms with E-state index >= 15 is 0 Å². The second-order valence-electron chi connectivity index (χ2n) is 4.42. The smallest absolute Gasteiger partial charge is 0.0194 e. The van der Waals surface area contributed by atoms with Gasteiger partial charge in [0.15, 0.2) is 0 Å². The van der Waals surface area contributed by atoms with Crippen molar-refractivity contribution in [2.75, 3.05) is 26.2 Å². The average molecular weight is 184 g/mol. The molecule has 0 N–H and O–H groups in total. The van der Waals surface area contributed by atoms with Crippen molar-refractivity contribution in [2.45, 2.75) is 46.2 Å². The van der Waals surface area contributed by atoms with Crippen LogP contribution in [0.3, 0.4) is 0 Å². The molecule has 0 aromatic heterocycles. The number of nitrogens with zero attached hydrogens (tertiary/aromatic N) is 2. The molecule has 1 heterocycles. The minimum absolute atomic E-state index is 0.708. The fourth-order valence-corrected chi connectivity index (χ4v) is 2.18. The Morgan fingerprint density at radius 2 is 2.00 bits per heavy atom. The van der Waals surface area contributed by atoms with Crippen LogP contribution in [-0.4, -0.2) is 48.1 Å². The second kappa shape index (κ2) is 4.97. The first-order valence-electron chi connectivity index (χ1n) is 5.63. The molecule has 0 radical (unpaired) electrons. The van der Waals surface area contributed by atoms with Gasteiger partial charge in [-0.3, -0.25) is 9.80 Å². The van der Waals surface area contributed by atoms with Crippen LogP contribution in [0, 0.1) is 0 Å². The highest BCUT2D eigenvalue weighted by atomic mass is 15.2. The lowest BCUT2D eigenvalue weighted by Gasteiger charge is -2.29. The Balaban J connectivity index is 2.50. The van der Waals surface area contributed by atoms with Gasteiger partial charge < -0.3 is 0 Å². The Bertz CT molecular complexity index is 145. The fraction of sp³-hybridized carbons (Fsp3) is 1.00. The predicted octanol–water partition coefficient (Wildman–Crippen LogP) is 1.81. The highest BCUT2D eigenvalue weighted by molar-refractivity contribution is 4.77. The van der Waals surface area contributed by atoms with Gasteiger partial charge in [-0.2, -0.15) is 0 Å². The van der Waals surface area contributed by atoms with Gasteiger partial charge in [0.25, 0.3) is 0 Å². The molecule has 0 spiro atoms. The predicted molar refractivity (Wildman–Crippen MR) is 58.0 cm³/mol. The van der Waals surface area contributed by atoms with Crippen molar-refractivity contribution in [1.82, 2.24) is 9.80 Å². The molecule has 2 heteroatoms. The van der Waals surface area contributed by atoms with Crippen molar-refractivity contribution in [3.63, 3.8) is 0 Å². The molecule has 78 valence electrons. The molecule has 1 atom stereocenters. The van der Waals surface area contributed by atoms with Crippen molar-refractivity contribution in [1.29, 1.82) is 0 Å². The lowest BCUT2D eigenvalue weighted by molar-refractivity contribution is 0.176. The molecule has 1 aliphatic rings. The molecule has 13 heavy (non-hydrogen) atoms. The van der Waals surface area contributed by atoms with Crippen LogP contribution in [0.4, 0.5) is 0 Å². The largest absolute Gasteiger partial charge is 0.300 e. The molecule has 2 nitrogen and oxygen atoms in total. The van der Waals surface area contributed by atoms with E-state index in [2.05, 4.69) is 37.5 Å². The second-order valence-corrected chi connectivity index (χ2v) is 4.42. The van der Waals surface area contributed by atoms with Crippen LogP contribution >= 0.6 is 0 Å². The first kappa shape index (κ1) is 11.0. The summed E-state index contributed by atoms with van der Waals surface area (Å²) in [5, 5.41) is 0. The van der Waals surface area contributed by atoms with Gasteiger partial charge in [-0.25, -0.2) is 0 Å². The summed E-state index contributed by atoms with van der Waals surface area (Å²) in [6, 6.07) is 1.44. The standard InChI is InChI=1S/C11H24N2/c1-5-12-7-6-8-13(10(2)3)9-11(12)4/h10-11H,5-9H2,1-4H3/t11-/m1/s1. The quantitative estimate of drug-likeness (QED) is 0.646. The molecule has 1 aliphatic heterocycles. The van der Waals surface area contributed by atoms with Gasteiger partial charge in [-0.1, -0.05) is 6.92 Å². The van der Waals surface area contributed by atoms with Crippen LogP contribution in [0.15, 0.2) is 0 Å². The summed E-state index contributed by atoms with van der Waals surface area (Å²) in [4.78, 5) is 5.18. The van der Waals surface area contributed by atoms with Crippen molar-refractivity contribution >= 4 is 0 Å². The normalized spacial score (nSPS) is 27.9. The maximum atomic E-state index is 2.60. The summed E-state index contributed by atoms with van der Waals surface area (Å²) in [7, 11) is 0. The maximum absolute atomic E-state index is 2.60. The Labute approximate surface area is 82.9 Å². The van der Waals surface area contributed by atoms with Crippen molar-refractivity contribution in [3.05, 3.63) is 0 Å². The Morgan fingerprint density at radius 3 is 2.54 bits per heavy atom. The zero-order valence-electron chi connectivity index (χ0n) is 9.58. The topological polar surface area (TPSA) is 6.48 Å². The molecule has 0 aromatic rings. The third-order valence-corrected chi connectivity index (χ3v) is 3.15. The molecule has 1 rings (SSSR count). The lowest BCUT2D eigenvalue weighted by atomic mass is 10.2. The van der Waals surface area contributed by atoms with Gasteiger partial charge in [0, 0.05) is 18.6 Å². The molecule has 1 fully saturated rings. The van der Waals surface area contributed by atoms with Crippen LogP contribution in [0.25, 0.3) is 0 Å². The van der Waals surface area contributed by atoms with E-state index in [1.54, 1.807) is 0 Å². The Morgan fingerprint density at radius 1 is 1.31 bits per heavy atom. The van der Waals surface area contributed by atoms with E-state index in [4.69, 9.17) is 0 Å². The van der Waals surface area contributed by atoms with Gasteiger partial charge in [-0.05, 0) is 46.8 Å². The maximum Gasteiger partial charge on any atom is 0.0194 e. The zero-order chi connectivity index (χ0) is 9.84. The van der Waals surface area contributed by atoms with Crippen LogP contribution in [0.2, 0.25) is 0 Å². The number of hydrogen-bond donors (Lipinski definition) is 0. The third kappa shape index (κ3) is 2.96. The third-order valence-electron chi connectivity index (χ3n) is 3.15. The van der Waals surface area contributed by atoms with Gasteiger partial charge in [0.05, 0.1) is 0 Å². The number of rotatable bonds is 2. The molecule has 0 saturated carbocycles. The van der Waals surface area contributed by atoms with Crippen molar-refractivity contribution in [2.24, 2.45) is 0 Å². The highest BCUT2D eigenvalue weighted by Crippen LogP contribution is 2.11. The lowest BCUT2D eigenvalue weighted by Crippen LogP contribution is -2.41. The summed E-state index contributed by atoms with van der Waals surface area (Å²) in [6.07, 6.45) is 1.33. The molecule has 0 aromatic carbocycles. The van der Waals surface area contributed by atoms with E-state index in [-0.39, 0.29) is 0 Å². The molecule has 0 aliphatic carbocycles. The van der Waals surface area contributed by atoms with E-state index in [1.807, 2.05) is 0 Å².